The van der Waals surface area contributed by atoms with E-state index in [1.807, 2.05) is 27.7 Å². The van der Waals surface area contributed by atoms with Crippen molar-refractivity contribution < 1.29 is 35.5 Å². The van der Waals surface area contributed by atoms with Gasteiger partial charge in [0.25, 0.3) is 0 Å². The minimum absolute atomic E-state index is 0.0321. The minimum Gasteiger partial charge on any atom is -0.488 e. The van der Waals surface area contributed by atoms with Crippen molar-refractivity contribution >= 4 is 26.0 Å². The lowest BCUT2D eigenvalue weighted by atomic mass is 10.2. The topological polar surface area (TPSA) is 119 Å². The second-order valence-corrected chi connectivity index (χ2v) is 14.5. The zero-order valence-electron chi connectivity index (χ0n) is 24.0. The van der Waals surface area contributed by atoms with Crippen LogP contribution in [0.4, 0.5) is 9.18 Å². The van der Waals surface area contributed by atoms with Gasteiger partial charge in [-0.3, -0.25) is 0 Å². The average Bonchev–Trinajstić information content (AvgIpc) is 2.81. The lowest BCUT2D eigenvalue weighted by molar-refractivity contribution is 0.0534. The first-order valence-corrected chi connectivity index (χ1v) is 15.9. The molecule has 1 N–H and O–H groups in total. The van der Waals surface area contributed by atoms with Gasteiger partial charge in [-0.2, -0.15) is 4.31 Å². The van der Waals surface area contributed by atoms with Crippen molar-refractivity contribution in [3.05, 3.63) is 66.0 Å². The van der Waals surface area contributed by atoms with Crippen molar-refractivity contribution in [1.82, 2.24) is 9.62 Å². The van der Waals surface area contributed by atoms with Crippen LogP contribution in [0.1, 0.15) is 54.0 Å². The van der Waals surface area contributed by atoms with Crippen LogP contribution in [0.2, 0.25) is 0 Å². The monoisotopic (exact) mass is 598 g/mol. The van der Waals surface area contributed by atoms with E-state index < -0.39 is 43.1 Å². The number of nitrogens with zero attached hydrogens (tertiary/aromatic N) is 1. The number of ether oxygens (including phenoxy) is 2. The highest BCUT2D eigenvalue weighted by molar-refractivity contribution is 7.91. The predicted molar refractivity (Wildman–Crippen MR) is 152 cm³/mol. The third kappa shape index (κ3) is 9.60. The molecule has 0 bridgehead atoms. The maximum atomic E-state index is 14.4. The molecular weight excluding hydrogens is 559 g/mol. The normalized spacial score (nSPS) is 13.1. The Hall–Kier alpha value is -2.96. The molecule has 0 radical (unpaired) electrons. The van der Waals surface area contributed by atoms with Crippen LogP contribution in [0.25, 0.3) is 0 Å². The van der Waals surface area contributed by atoms with Gasteiger partial charge in [-0.25, -0.2) is 26.0 Å². The quantitative estimate of drug-likeness (QED) is 0.356. The van der Waals surface area contributed by atoms with Crippen molar-refractivity contribution in [1.29, 1.82) is 0 Å². The molecule has 40 heavy (non-hydrogen) atoms. The number of rotatable bonds is 12. The van der Waals surface area contributed by atoms with Gasteiger partial charge in [0.1, 0.15) is 34.4 Å². The first-order chi connectivity index (χ1) is 18.4. The number of hydrogen-bond acceptors (Lipinski definition) is 7. The smallest absolute Gasteiger partial charge is 0.407 e. The Morgan fingerprint density at radius 3 is 2.10 bits per heavy atom. The summed E-state index contributed by atoms with van der Waals surface area (Å²) in [6.07, 6.45) is 0.209. The number of alkyl carbamates (subject to hydrolysis) is 1. The molecule has 2 aromatic rings. The van der Waals surface area contributed by atoms with Gasteiger partial charge in [0, 0.05) is 18.6 Å². The summed E-state index contributed by atoms with van der Waals surface area (Å²) < 4.78 is 78.7. The highest BCUT2D eigenvalue weighted by Gasteiger charge is 2.29. The van der Waals surface area contributed by atoms with Crippen LogP contribution >= 0.6 is 0 Å². The summed E-state index contributed by atoms with van der Waals surface area (Å²) in [7, 11) is -7.82. The van der Waals surface area contributed by atoms with Crippen molar-refractivity contribution in [2.75, 3.05) is 12.3 Å². The first-order valence-electron chi connectivity index (χ1n) is 12.8. The van der Waals surface area contributed by atoms with E-state index in [4.69, 9.17) is 9.47 Å². The van der Waals surface area contributed by atoms with Gasteiger partial charge >= 0.3 is 6.09 Å². The maximum Gasteiger partial charge on any atom is 0.407 e. The molecular formula is C28H39FN2O7S2. The number of sulfone groups is 1. The second kappa shape index (κ2) is 13.6. The van der Waals surface area contributed by atoms with Crippen LogP contribution in [-0.4, -0.2) is 57.2 Å². The largest absolute Gasteiger partial charge is 0.488 e. The van der Waals surface area contributed by atoms with Gasteiger partial charge in [-0.05, 0) is 84.4 Å². The molecule has 222 valence electrons. The van der Waals surface area contributed by atoms with E-state index in [1.165, 1.54) is 34.6 Å². The van der Waals surface area contributed by atoms with E-state index in [1.54, 1.807) is 39.0 Å². The molecule has 1 amide bonds. The lowest BCUT2D eigenvalue weighted by Crippen LogP contribution is -2.41. The Morgan fingerprint density at radius 2 is 1.55 bits per heavy atom. The Balaban J connectivity index is 2.11. The van der Waals surface area contributed by atoms with E-state index >= 15 is 0 Å². The average molecular weight is 599 g/mol. The predicted octanol–water partition coefficient (Wildman–Crippen LogP) is 5.22. The summed E-state index contributed by atoms with van der Waals surface area (Å²) >= 11 is 0. The molecule has 0 fully saturated rings. The third-order valence-electron chi connectivity index (χ3n) is 5.39. The van der Waals surface area contributed by atoms with Crippen molar-refractivity contribution in [3.63, 3.8) is 0 Å². The van der Waals surface area contributed by atoms with Crippen LogP contribution in [0, 0.1) is 0 Å². The number of amides is 1. The van der Waals surface area contributed by atoms with E-state index in [-0.39, 0.29) is 40.8 Å². The van der Waals surface area contributed by atoms with Gasteiger partial charge in [0.15, 0.2) is 9.84 Å². The van der Waals surface area contributed by atoms with Gasteiger partial charge in [-0.1, -0.05) is 24.3 Å². The van der Waals surface area contributed by atoms with Gasteiger partial charge in [-0.15, -0.1) is 0 Å². The standard InChI is InChI=1S/C28H39FN2O7S2/c1-20(2)31(21(3)4)40(35,36)24-14-12-22(13-15-24)18-37-25-10-8-9-11-26(25)39(33,34)19-23(29)16-17-30-27(32)38-28(5,6)7/h8-16,20-21H,17-19H2,1-7H3,(H,30,32)/b23-16-. The van der Waals surface area contributed by atoms with Crippen LogP contribution in [0.5, 0.6) is 5.75 Å². The molecule has 0 aliphatic carbocycles. The lowest BCUT2D eigenvalue weighted by Gasteiger charge is -2.29. The molecule has 0 saturated heterocycles. The number of carbonyl (C=O) groups excluding carboxylic acids is 1. The molecule has 2 aromatic carbocycles. The van der Waals surface area contributed by atoms with Crippen molar-refractivity contribution in [2.45, 2.75) is 82.5 Å². The number of sulfonamides is 1. The SMILES string of the molecule is CC(C)N(C(C)C)S(=O)(=O)c1ccc(COc2ccccc2S(=O)(=O)C/C(F)=C/CNC(=O)OC(C)(C)C)cc1. The second-order valence-electron chi connectivity index (χ2n) is 10.7. The number of nitrogens with one attached hydrogen (secondary N) is 1. The summed E-state index contributed by atoms with van der Waals surface area (Å²) in [5, 5.41) is 2.34. The molecule has 0 atom stereocenters. The van der Waals surface area contributed by atoms with Crippen molar-refractivity contribution in [3.8, 4) is 5.75 Å². The zero-order valence-corrected chi connectivity index (χ0v) is 25.6. The Bertz CT molecular complexity index is 1390. The Kier molecular flexibility index (Phi) is 11.3. The number of benzene rings is 2. The molecule has 0 heterocycles. The zero-order chi connectivity index (χ0) is 30.3. The number of carbonyl (C=O) groups is 1. The molecule has 0 unspecified atom stereocenters. The first kappa shape index (κ1) is 33.2. The molecule has 0 aromatic heterocycles. The molecule has 9 nitrogen and oxygen atoms in total. The minimum atomic E-state index is -4.12. The molecule has 0 spiro atoms. The Labute approximate surface area is 237 Å². The van der Waals surface area contributed by atoms with E-state index in [0.29, 0.717) is 5.56 Å². The van der Waals surface area contributed by atoms with Crippen LogP contribution in [-0.2, 0) is 31.2 Å². The van der Waals surface area contributed by atoms with E-state index in [2.05, 4.69) is 5.32 Å². The molecule has 0 saturated carbocycles. The summed E-state index contributed by atoms with van der Waals surface area (Å²) in [5.74, 6) is -1.83. The summed E-state index contributed by atoms with van der Waals surface area (Å²) in [6, 6.07) is 11.6. The fraction of sp³-hybridized carbons (Fsp3) is 0.464. The van der Waals surface area contributed by atoms with E-state index in [9.17, 15) is 26.0 Å². The fourth-order valence-electron chi connectivity index (χ4n) is 3.90. The maximum absolute atomic E-state index is 14.4. The number of halogens is 1. The summed E-state index contributed by atoms with van der Waals surface area (Å²) in [6.45, 7) is 12.0. The molecule has 12 heteroatoms. The van der Waals surface area contributed by atoms with Gasteiger partial charge < -0.3 is 14.8 Å². The molecule has 2 rings (SSSR count). The number of hydrogen-bond donors (Lipinski definition) is 1. The van der Waals surface area contributed by atoms with Crippen LogP contribution in [0.3, 0.4) is 0 Å². The van der Waals surface area contributed by atoms with Crippen LogP contribution in [0.15, 0.2) is 70.2 Å². The molecule has 0 aliphatic rings. The Morgan fingerprint density at radius 1 is 0.975 bits per heavy atom. The highest BCUT2D eigenvalue weighted by Crippen LogP contribution is 2.27. The summed E-state index contributed by atoms with van der Waals surface area (Å²) in [4.78, 5) is 11.6. The number of para-hydroxylation sites is 1. The van der Waals surface area contributed by atoms with E-state index in [0.717, 1.165) is 6.08 Å². The van der Waals surface area contributed by atoms with Gasteiger partial charge in [0.05, 0.1) is 4.90 Å². The van der Waals surface area contributed by atoms with Gasteiger partial charge in [0.2, 0.25) is 10.0 Å². The molecule has 0 aliphatic heterocycles. The summed E-state index contributed by atoms with van der Waals surface area (Å²) in [5.41, 5.74) is -0.104. The van der Waals surface area contributed by atoms with Crippen LogP contribution < -0.4 is 10.1 Å². The fourth-order valence-corrected chi connectivity index (χ4v) is 7.09. The third-order valence-corrected chi connectivity index (χ3v) is 9.32. The van der Waals surface area contributed by atoms with Crippen molar-refractivity contribution in [2.24, 2.45) is 0 Å². The highest BCUT2D eigenvalue weighted by atomic mass is 32.2.